The molecule has 2 N–H and O–H groups in total. The number of carbonyl (C=O) groups is 2. The number of fused-ring (bicyclic) bond motifs is 3. The van der Waals surface area contributed by atoms with Crippen LogP contribution in [0, 0.1) is 17.8 Å². The summed E-state index contributed by atoms with van der Waals surface area (Å²) >= 11 is 0. The molecule has 2 bridgehead atoms. The highest BCUT2D eigenvalue weighted by molar-refractivity contribution is 5.96. The van der Waals surface area contributed by atoms with Crippen molar-refractivity contribution in [2.45, 2.75) is 44.8 Å². The molecule has 1 amide bonds. The van der Waals surface area contributed by atoms with Crippen LogP contribution in [0.3, 0.4) is 0 Å². The Morgan fingerprint density at radius 1 is 1.18 bits per heavy atom. The molecule has 2 saturated carbocycles. The Balaban J connectivity index is 1.20. The summed E-state index contributed by atoms with van der Waals surface area (Å²) in [6, 6.07) is 8.47. The van der Waals surface area contributed by atoms with Gasteiger partial charge >= 0.3 is 5.97 Å². The summed E-state index contributed by atoms with van der Waals surface area (Å²) in [6.07, 6.45) is 4.67. The first-order valence-corrected chi connectivity index (χ1v) is 11.5. The van der Waals surface area contributed by atoms with E-state index in [2.05, 4.69) is 20.6 Å². The van der Waals surface area contributed by atoms with Crippen LogP contribution in [-0.4, -0.2) is 51.0 Å². The van der Waals surface area contributed by atoms with E-state index in [9.17, 15) is 9.59 Å². The lowest BCUT2D eigenvalue weighted by Gasteiger charge is -2.36. The lowest BCUT2D eigenvalue weighted by molar-refractivity contribution is -0.158. The lowest BCUT2D eigenvalue weighted by atomic mass is 9.78. The number of amides is 1. The second-order valence-corrected chi connectivity index (χ2v) is 9.10. The van der Waals surface area contributed by atoms with E-state index in [0.717, 1.165) is 25.7 Å². The van der Waals surface area contributed by atoms with Gasteiger partial charge in [0, 0.05) is 18.8 Å². The molecule has 0 spiro atoms. The maximum atomic E-state index is 13.0. The fraction of sp³-hybridized carbons (Fsp3) is 0.458. The van der Waals surface area contributed by atoms with Gasteiger partial charge < -0.3 is 19.9 Å². The first-order chi connectivity index (χ1) is 16.5. The maximum Gasteiger partial charge on any atom is 0.332 e. The van der Waals surface area contributed by atoms with Crippen LogP contribution < -0.4 is 10.1 Å². The van der Waals surface area contributed by atoms with E-state index in [1.54, 1.807) is 43.5 Å². The average Bonchev–Trinajstić information content (AvgIpc) is 3.38. The fourth-order valence-corrected chi connectivity index (χ4v) is 5.20. The monoisotopic (exact) mass is 466 g/mol. The van der Waals surface area contributed by atoms with E-state index >= 15 is 0 Å². The highest BCUT2D eigenvalue weighted by Crippen LogP contribution is 2.46. The van der Waals surface area contributed by atoms with Crippen molar-refractivity contribution in [3.8, 4) is 11.6 Å². The van der Waals surface area contributed by atoms with Gasteiger partial charge in [0.25, 0.3) is 5.91 Å². The number of nitrogens with one attached hydrogen (secondary N) is 1. The van der Waals surface area contributed by atoms with Gasteiger partial charge in [-0.2, -0.15) is 0 Å². The second-order valence-electron chi connectivity index (χ2n) is 9.10. The standard InChI is InChI=1S/C24H26N4O6/c1-13(24(30)31)32-21-15-4-5-16(21)10-14(9-15)12-26-22(29)18-3-2-8-25-23(18)33-17-6-7-19-20(11-17)28-34-27-19/h2-3,6-8,11,13-16,21H,4-5,9-10,12H2,1H3,(H,26,29)(H,30,31)/t13-,14?,15?,16?,21?/m1/s1. The SMILES string of the molecule is C[C@@H](OC1C2CCC1CC(CNC(=O)c1cccnc1Oc1ccc3nonc3c1)C2)C(=O)O. The number of carboxylic acids is 1. The van der Waals surface area contributed by atoms with Crippen LogP contribution in [0.2, 0.25) is 0 Å². The molecule has 0 saturated heterocycles. The molecule has 2 heterocycles. The number of aliphatic carboxylic acids is 1. The maximum absolute atomic E-state index is 13.0. The van der Waals surface area contributed by atoms with Gasteiger partial charge in [0.1, 0.15) is 22.3 Å². The Morgan fingerprint density at radius 2 is 1.94 bits per heavy atom. The van der Waals surface area contributed by atoms with Crippen LogP contribution in [-0.2, 0) is 9.53 Å². The van der Waals surface area contributed by atoms with Gasteiger partial charge in [-0.1, -0.05) is 0 Å². The third-order valence-electron chi connectivity index (χ3n) is 6.83. The van der Waals surface area contributed by atoms with Gasteiger partial charge in [-0.25, -0.2) is 14.4 Å². The number of benzene rings is 1. The molecule has 2 aliphatic rings. The van der Waals surface area contributed by atoms with Crippen LogP contribution >= 0.6 is 0 Å². The number of ether oxygens (including phenoxy) is 2. The van der Waals surface area contributed by atoms with Crippen LogP contribution in [0.1, 0.15) is 43.0 Å². The van der Waals surface area contributed by atoms with Crippen molar-refractivity contribution in [3.63, 3.8) is 0 Å². The molecule has 2 aliphatic carbocycles. The van der Waals surface area contributed by atoms with Crippen molar-refractivity contribution < 1.29 is 28.8 Å². The predicted octanol–water partition coefficient (Wildman–Crippen LogP) is 3.43. The van der Waals surface area contributed by atoms with Gasteiger partial charge in [-0.05, 0) is 84.9 Å². The van der Waals surface area contributed by atoms with Gasteiger partial charge in [-0.3, -0.25) is 4.79 Å². The van der Waals surface area contributed by atoms with Gasteiger partial charge in [0.2, 0.25) is 5.88 Å². The zero-order valence-corrected chi connectivity index (χ0v) is 18.7. The highest BCUT2D eigenvalue weighted by Gasteiger charge is 2.44. The number of rotatable bonds is 8. The zero-order valence-electron chi connectivity index (χ0n) is 18.7. The first-order valence-electron chi connectivity index (χ1n) is 11.5. The third kappa shape index (κ3) is 4.58. The summed E-state index contributed by atoms with van der Waals surface area (Å²) in [6.45, 7) is 2.13. The van der Waals surface area contributed by atoms with E-state index < -0.39 is 12.1 Å². The molecule has 5 rings (SSSR count). The minimum absolute atomic E-state index is 0.00590. The predicted molar refractivity (Wildman–Crippen MR) is 119 cm³/mol. The van der Waals surface area contributed by atoms with Crippen molar-refractivity contribution >= 4 is 22.9 Å². The van der Waals surface area contributed by atoms with Crippen LogP contribution in [0.4, 0.5) is 0 Å². The molecule has 0 aliphatic heterocycles. The average molecular weight is 466 g/mol. The summed E-state index contributed by atoms with van der Waals surface area (Å²) in [4.78, 5) is 28.4. The molecule has 2 aromatic heterocycles. The molecule has 0 radical (unpaired) electrons. The largest absolute Gasteiger partial charge is 0.479 e. The molecule has 3 aromatic rings. The number of hydrogen-bond donors (Lipinski definition) is 2. The lowest BCUT2D eigenvalue weighted by Crippen LogP contribution is -2.40. The van der Waals surface area contributed by atoms with Gasteiger partial charge in [-0.15, -0.1) is 0 Å². The number of hydrogen-bond acceptors (Lipinski definition) is 8. The molecule has 2 unspecified atom stereocenters. The number of nitrogens with zero attached hydrogens (tertiary/aromatic N) is 3. The molecule has 10 heteroatoms. The van der Waals surface area contributed by atoms with Crippen molar-refractivity contribution in [1.29, 1.82) is 0 Å². The zero-order chi connectivity index (χ0) is 23.7. The Hall–Kier alpha value is -3.53. The summed E-state index contributed by atoms with van der Waals surface area (Å²) in [7, 11) is 0. The van der Waals surface area contributed by atoms with Gasteiger partial charge in [0.05, 0.1) is 6.10 Å². The topological polar surface area (TPSA) is 137 Å². The minimum Gasteiger partial charge on any atom is -0.479 e. The molecule has 34 heavy (non-hydrogen) atoms. The van der Waals surface area contributed by atoms with E-state index in [0.29, 0.717) is 46.6 Å². The van der Waals surface area contributed by atoms with E-state index in [1.807, 2.05) is 0 Å². The molecule has 1 aromatic carbocycles. The molecular formula is C24H26N4O6. The summed E-state index contributed by atoms with van der Waals surface area (Å²) in [5.41, 5.74) is 1.50. The quantitative estimate of drug-likeness (QED) is 0.511. The van der Waals surface area contributed by atoms with E-state index in [1.165, 1.54) is 0 Å². The number of carbonyl (C=O) groups excluding carboxylic acids is 1. The van der Waals surface area contributed by atoms with E-state index in [4.69, 9.17) is 19.2 Å². The molecule has 178 valence electrons. The number of pyridine rings is 1. The Morgan fingerprint density at radius 3 is 2.71 bits per heavy atom. The number of carboxylic acid groups (broad SMARTS) is 1. The minimum atomic E-state index is -0.930. The Labute approximate surface area is 195 Å². The Bertz CT molecular complexity index is 1180. The first kappa shape index (κ1) is 22.3. The van der Waals surface area contributed by atoms with Crippen molar-refractivity contribution in [2.75, 3.05) is 6.54 Å². The van der Waals surface area contributed by atoms with Crippen LogP contribution in [0.15, 0.2) is 41.2 Å². The molecule has 2 fully saturated rings. The van der Waals surface area contributed by atoms with Crippen molar-refractivity contribution in [2.24, 2.45) is 17.8 Å². The molecule has 10 nitrogen and oxygen atoms in total. The normalized spacial score (nSPS) is 24.6. The summed E-state index contributed by atoms with van der Waals surface area (Å²) in [5.74, 6) is 0.487. The summed E-state index contributed by atoms with van der Waals surface area (Å²) < 4.78 is 16.4. The van der Waals surface area contributed by atoms with Crippen molar-refractivity contribution in [3.05, 3.63) is 42.1 Å². The van der Waals surface area contributed by atoms with Crippen molar-refractivity contribution in [1.82, 2.24) is 20.6 Å². The summed E-state index contributed by atoms with van der Waals surface area (Å²) in [5, 5.41) is 19.8. The Kier molecular flexibility index (Phi) is 6.14. The molecule has 3 atom stereocenters. The number of aromatic nitrogens is 3. The van der Waals surface area contributed by atoms with Gasteiger partial charge in [0.15, 0.2) is 6.10 Å². The van der Waals surface area contributed by atoms with Crippen LogP contribution in [0.25, 0.3) is 11.0 Å². The van der Waals surface area contributed by atoms with E-state index in [-0.39, 0.29) is 17.9 Å². The van der Waals surface area contributed by atoms with Crippen LogP contribution in [0.5, 0.6) is 11.6 Å². The second kappa shape index (κ2) is 9.38. The third-order valence-corrected chi connectivity index (χ3v) is 6.83. The smallest absolute Gasteiger partial charge is 0.332 e. The fourth-order valence-electron chi connectivity index (χ4n) is 5.20. The highest BCUT2D eigenvalue weighted by atomic mass is 16.6. The molecular weight excluding hydrogens is 440 g/mol.